The van der Waals surface area contributed by atoms with Crippen molar-refractivity contribution in [1.82, 2.24) is 5.32 Å². The zero-order chi connectivity index (χ0) is 13.7. The van der Waals surface area contributed by atoms with E-state index in [9.17, 15) is 4.79 Å². The minimum Gasteiger partial charge on any atom is -0.355 e. The number of halogens is 2. The molecule has 1 rings (SSSR count). The second kappa shape index (κ2) is 7.27. The number of hydrogen-bond acceptors (Lipinski definition) is 2. The Hall–Kier alpha value is -0.380. The fourth-order valence-electron chi connectivity index (χ4n) is 1.26. The molecule has 1 aromatic rings. The van der Waals surface area contributed by atoms with Gasteiger partial charge in [0.1, 0.15) is 0 Å². The average molecular weight is 306 g/mol. The highest BCUT2D eigenvalue weighted by Gasteiger charge is 2.16. The molecule has 0 spiro atoms. The summed E-state index contributed by atoms with van der Waals surface area (Å²) >= 11 is 13.4. The Morgan fingerprint density at radius 2 is 2.00 bits per heavy atom. The van der Waals surface area contributed by atoms with Gasteiger partial charge in [-0.3, -0.25) is 4.79 Å². The van der Waals surface area contributed by atoms with Gasteiger partial charge in [0.25, 0.3) is 0 Å². The molecule has 0 heterocycles. The van der Waals surface area contributed by atoms with Gasteiger partial charge in [-0.15, -0.1) is 11.8 Å². The molecular weight excluding hydrogens is 289 g/mol. The van der Waals surface area contributed by atoms with Gasteiger partial charge in [-0.05, 0) is 31.0 Å². The van der Waals surface area contributed by atoms with E-state index in [-0.39, 0.29) is 11.2 Å². The van der Waals surface area contributed by atoms with E-state index in [2.05, 4.69) is 19.2 Å². The summed E-state index contributed by atoms with van der Waals surface area (Å²) in [5.41, 5.74) is 0. The number of carbonyl (C=O) groups excluding carboxylic acids is 1. The van der Waals surface area contributed by atoms with Gasteiger partial charge in [0.05, 0.1) is 10.3 Å². The topological polar surface area (TPSA) is 29.1 Å². The Labute approximate surface area is 122 Å². The smallest absolute Gasteiger partial charge is 0.233 e. The van der Waals surface area contributed by atoms with Crippen molar-refractivity contribution in [2.24, 2.45) is 5.92 Å². The second-order valence-electron chi connectivity index (χ2n) is 4.47. The van der Waals surface area contributed by atoms with Gasteiger partial charge < -0.3 is 5.32 Å². The highest BCUT2D eigenvalue weighted by Crippen LogP contribution is 2.32. The summed E-state index contributed by atoms with van der Waals surface area (Å²) in [7, 11) is 0. The maximum absolute atomic E-state index is 11.8. The van der Waals surface area contributed by atoms with E-state index in [0.717, 1.165) is 4.90 Å². The predicted molar refractivity (Wildman–Crippen MR) is 79.6 cm³/mol. The summed E-state index contributed by atoms with van der Waals surface area (Å²) < 4.78 is 0. The highest BCUT2D eigenvalue weighted by molar-refractivity contribution is 8.00. The summed E-state index contributed by atoms with van der Waals surface area (Å²) in [6.45, 7) is 6.67. The molecule has 1 N–H and O–H groups in total. The SMILES string of the molecule is CC(C)CNC(=O)C(C)Sc1cc(Cl)ccc1Cl. The minimum absolute atomic E-state index is 0.0183. The van der Waals surface area contributed by atoms with Crippen LogP contribution in [0.2, 0.25) is 10.0 Å². The Morgan fingerprint density at radius 3 is 2.61 bits per heavy atom. The van der Waals surface area contributed by atoms with Crippen molar-refractivity contribution >= 4 is 40.9 Å². The van der Waals surface area contributed by atoms with Crippen molar-refractivity contribution < 1.29 is 4.79 Å². The molecule has 0 radical (unpaired) electrons. The molecule has 18 heavy (non-hydrogen) atoms. The molecule has 0 aromatic heterocycles. The Bertz CT molecular complexity index is 423. The van der Waals surface area contributed by atoms with Crippen molar-refractivity contribution in [3.8, 4) is 0 Å². The second-order valence-corrected chi connectivity index (χ2v) is 6.70. The van der Waals surface area contributed by atoms with Crippen LogP contribution in [0.1, 0.15) is 20.8 Å². The molecule has 100 valence electrons. The van der Waals surface area contributed by atoms with Gasteiger partial charge in [-0.25, -0.2) is 0 Å². The summed E-state index contributed by atoms with van der Waals surface area (Å²) in [6, 6.07) is 5.25. The summed E-state index contributed by atoms with van der Waals surface area (Å²) in [6.07, 6.45) is 0. The summed E-state index contributed by atoms with van der Waals surface area (Å²) in [4.78, 5) is 12.7. The Balaban J connectivity index is 2.60. The zero-order valence-corrected chi connectivity index (χ0v) is 13.0. The van der Waals surface area contributed by atoms with Gasteiger partial charge in [-0.2, -0.15) is 0 Å². The Morgan fingerprint density at radius 1 is 1.33 bits per heavy atom. The van der Waals surface area contributed by atoms with Gasteiger partial charge >= 0.3 is 0 Å². The van der Waals surface area contributed by atoms with Crippen LogP contribution >= 0.6 is 35.0 Å². The first-order valence-corrected chi connectivity index (χ1v) is 7.43. The van der Waals surface area contributed by atoms with Crippen LogP contribution in [0.4, 0.5) is 0 Å². The molecule has 1 atom stereocenters. The van der Waals surface area contributed by atoms with Crippen molar-refractivity contribution in [3.05, 3.63) is 28.2 Å². The van der Waals surface area contributed by atoms with Crippen LogP contribution in [0.25, 0.3) is 0 Å². The van der Waals surface area contributed by atoms with Crippen molar-refractivity contribution in [2.75, 3.05) is 6.54 Å². The molecule has 0 saturated heterocycles. The van der Waals surface area contributed by atoms with Crippen LogP contribution in [0.15, 0.2) is 23.1 Å². The molecule has 0 saturated carbocycles. The molecule has 0 fully saturated rings. The lowest BCUT2D eigenvalue weighted by molar-refractivity contribution is -0.120. The van der Waals surface area contributed by atoms with E-state index in [4.69, 9.17) is 23.2 Å². The van der Waals surface area contributed by atoms with Crippen molar-refractivity contribution in [1.29, 1.82) is 0 Å². The van der Waals surface area contributed by atoms with E-state index < -0.39 is 0 Å². The first kappa shape index (κ1) is 15.7. The summed E-state index contributed by atoms with van der Waals surface area (Å²) in [5, 5.41) is 3.95. The van der Waals surface area contributed by atoms with Gasteiger partial charge in [0, 0.05) is 16.5 Å². The average Bonchev–Trinajstić information content (AvgIpc) is 2.30. The molecule has 0 aliphatic rings. The van der Waals surface area contributed by atoms with Gasteiger partial charge in [0.15, 0.2) is 0 Å². The third kappa shape index (κ3) is 5.09. The number of carbonyl (C=O) groups is 1. The van der Waals surface area contributed by atoms with Crippen LogP contribution in [0.3, 0.4) is 0 Å². The standard InChI is InChI=1S/C13H17Cl2NOS/c1-8(2)7-16-13(17)9(3)18-12-6-10(14)4-5-11(12)15/h4-6,8-9H,7H2,1-3H3,(H,16,17). The molecule has 0 bridgehead atoms. The maximum Gasteiger partial charge on any atom is 0.233 e. The van der Waals surface area contributed by atoms with Crippen LogP contribution in [-0.4, -0.2) is 17.7 Å². The van der Waals surface area contributed by atoms with E-state index >= 15 is 0 Å². The summed E-state index contributed by atoms with van der Waals surface area (Å²) in [5.74, 6) is 0.464. The predicted octanol–water partition coefficient (Wildman–Crippen LogP) is 4.25. The molecule has 0 aliphatic heterocycles. The monoisotopic (exact) mass is 305 g/mol. The van der Waals surface area contributed by atoms with Gasteiger partial charge in [0.2, 0.25) is 5.91 Å². The molecule has 1 unspecified atom stereocenters. The normalized spacial score (nSPS) is 12.6. The molecule has 0 aliphatic carbocycles. The van der Waals surface area contributed by atoms with Crippen molar-refractivity contribution in [2.45, 2.75) is 30.9 Å². The Kier molecular flexibility index (Phi) is 6.33. The van der Waals surface area contributed by atoms with Crippen LogP contribution in [-0.2, 0) is 4.79 Å². The zero-order valence-electron chi connectivity index (χ0n) is 10.7. The molecule has 5 heteroatoms. The number of benzene rings is 1. The highest BCUT2D eigenvalue weighted by atomic mass is 35.5. The lowest BCUT2D eigenvalue weighted by Crippen LogP contribution is -2.33. The van der Waals surface area contributed by atoms with E-state index in [1.54, 1.807) is 18.2 Å². The third-order valence-electron chi connectivity index (χ3n) is 2.25. The number of rotatable bonds is 5. The van der Waals surface area contributed by atoms with Crippen LogP contribution < -0.4 is 5.32 Å². The van der Waals surface area contributed by atoms with Crippen LogP contribution in [0.5, 0.6) is 0 Å². The van der Waals surface area contributed by atoms with E-state index in [0.29, 0.717) is 22.5 Å². The minimum atomic E-state index is -0.195. The van der Waals surface area contributed by atoms with Crippen LogP contribution in [0, 0.1) is 5.92 Å². The van der Waals surface area contributed by atoms with E-state index in [1.807, 2.05) is 6.92 Å². The lowest BCUT2D eigenvalue weighted by Gasteiger charge is -2.14. The van der Waals surface area contributed by atoms with Crippen molar-refractivity contribution in [3.63, 3.8) is 0 Å². The molecular formula is C13H17Cl2NOS. The number of nitrogens with one attached hydrogen (secondary N) is 1. The fourth-order valence-corrected chi connectivity index (χ4v) is 2.69. The number of amides is 1. The maximum atomic E-state index is 11.8. The third-order valence-corrected chi connectivity index (χ3v) is 4.09. The largest absolute Gasteiger partial charge is 0.355 e. The molecule has 1 amide bonds. The fraction of sp³-hybridized carbons (Fsp3) is 0.462. The number of hydrogen-bond donors (Lipinski definition) is 1. The van der Waals surface area contributed by atoms with Gasteiger partial charge in [-0.1, -0.05) is 37.0 Å². The first-order valence-electron chi connectivity index (χ1n) is 5.79. The number of thioether (sulfide) groups is 1. The molecule has 1 aromatic carbocycles. The quantitative estimate of drug-likeness (QED) is 0.824. The first-order chi connectivity index (χ1) is 8.40. The molecule has 2 nitrogen and oxygen atoms in total. The van der Waals surface area contributed by atoms with E-state index in [1.165, 1.54) is 11.8 Å². The lowest BCUT2D eigenvalue weighted by atomic mass is 10.2.